The lowest BCUT2D eigenvalue weighted by molar-refractivity contribution is -0.0666. The molecule has 0 heterocycles. The molecule has 0 N–H and O–H groups in total. The van der Waals surface area contributed by atoms with E-state index in [0.717, 1.165) is 5.57 Å². The zero-order valence-electron chi connectivity index (χ0n) is 15.2. The molecule has 2 nitrogen and oxygen atoms in total. The first kappa shape index (κ1) is 21.1. The van der Waals surface area contributed by atoms with Crippen LogP contribution in [0.5, 0.6) is 0 Å². The summed E-state index contributed by atoms with van der Waals surface area (Å²) >= 11 is 0. The fourth-order valence-corrected chi connectivity index (χ4v) is 1.68. The van der Waals surface area contributed by atoms with Gasteiger partial charge in [0.15, 0.2) is 6.29 Å². The number of allylic oxidation sites excluding steroid dienone is 13. The molecule has 0 saturated carbocycles. The monoisotopic (exact) mass is 314 g/mol. The van der Waals surface area contributed by atoms with Gasteiger partial charge >= 0.3 is 0 Å². The molecule has 0 aromatic rings. The summed E-state index contributed by atoms with van der Waals surface area (Å²) in [5.74, 6) is 0. The molecule has 2 heteroatoms. The van der Waals surface area contributed by atoms with Crippen molar-refractivity contribution in [3.8, 4) is 0 Å². The van der Waals surface area contributed by atoms with E-state index in [1.165, 1.54) is 11.1 Å². The molecule has 0 rings (SSSR count). The number of ether oxygens (including phenoxy) is 2. The SMILES string of the molecule is CC=CC(C)=CC=CC=C(C)C=CC=C(C)C=CC(OC)OC. The Balaban J connectivity index is 4.53. The Labute approximate surface area is 141 Å². The summed E-state index contributed by atoms with van der Waals surface area (Å²) in [5.41, 5.74) is 3.56. The summed E-state index contributed by atoms with van der Waals surface area (Å²) in [6, 6.07) is 0. The van der Waals surface area contributed by atoms with Crippen molar-refractivity contribution in [3.63, 3.8) is 0 Å². The van der Waals surface area contributed by atoms with Crippen molar-refractivity contribution in [1.82, 2.24) is 0 Å². The lowest BCUT2D eigenvalue weighted by Gasteiger charge is -2.06. The van der Waals surface area contributed by atoms with E-state index in [-0.39, 0.29) is 6.29 Å². The molecule has 0 aromatic carbocycles. The van der Waals surface area contributed by atoms with Crippen molar-refractivity contribution in [2.75, 3.05) is 14.2 Å². The van der Waals surface area contributed by atoms with Crippen LogP contribution >= 0.6 is 0 Å². The maximum atomic E-state index is 5.10. The molecule has 0 atom stereocenters. The predicted molar refractivity (Wildman–Crippen MR) is 101 cm³/mol. The van der Waals surface area contributed by atoms with Crippen LogP contribution in [-0.2, 0) is 9.47 Å². The van der Waals surface area contributed by atoms with Crippen LogP contribution in [0.2, 0.25) is 0 Å². The summed E-state index contributed by atoms with van der Waals surface area (Å²) < 4.78 is 10.2. The molecule has 0 amide bonds. The van der Waals surface area contributed by atoms with Crippen LogP contribution < -0.4 is 0 Å². The largest absolute Gasteiger partial charge is 0.352 e. The van der Waals surface area contributed by atoms with Crippen LogP contribution in [0.4, 0.5) is 0 Å². The summed E-state index contributed by atoms with van der Waals surface area (Å²) in [6.45, 7) is 8.22. The second-order valence-electron chi connectivity index (χ2n) is 5.17. The van der Waals surface area contributed by atoms with E-state index in [9.17, 15) is 0 Å². The first-order valence-electron chi connectivity index (χ1n) is 7.76. The van der Waals surface area contributed by atoms with Crippen LogP contribution in [0.3, 0.4) is 0 Å². The van der Waals surface area contributed by atoms with Gasteiger partial charge in [0, 0.05) is 14.2 Å². The third-order valence-electron chi connectivity index (χ3n) is 2.96. The van der Waals surface area contributed by atoms with Gasteiger partial charge in [0.05, 0.1) is 0 Å². The molecule has 0 aliphatic carbocycles. The van der Waals surface area contributed by atoms with Crippen LogP contribution in [0, 0.1) is 0 Å². The van der Waals surface area contributed by atoms with E-state index in [1.54, 1.807) is 14.2 Å². The smallest absolute Gasteiger partial charge is 0.176 e. The Morgan fingerprint density at radius 3 is 1.70 bits per heavy atom. The number of hydrogen-bond acceptors (Lipinski definition) is 2. The third-order valence-corrected chi connectivity index (χ3v) is 2.96. The minimum Gasteiger partial charge on any atom is -0.352 e. The second kappa shape index (κ2) is 13.7. The Hall–Kier alpha value is -1.90. The highest BCUT2D eigenvalue weighted by molar-refractivity contribution is 5.30. The summed E-state index contributed by atoms with van der Waals surface area (Å²) in [6.07, 6.45) is 22.1. The van der Waals surface area contributed by atoms with Gasteiger partial charge < -0.3 is 9.47 Å². The fourth-order valence-electron chi connectivity index (χ4n) is 1.68. The molecule has 0 unspecified atom stereocenters. The first-order chi connectivity index (χ1) is 11.0. The molecule has 0 aromatic heterocycles. The van der Waals surface area contributed by atoms with Gasteiger partial charge in [-0.25, -0.2) is 0 Å². The summed E-state index contributed by atoms with van der Waals surface area (Å²) in [4.78, 5) is 0. The van der Waals surface area contributed by atoms with Crippen LogP contribution in [0.25, 0.3) is 0 Å². The minimum atomic E-state index is -0.298. The van der Waals surface area contributed by atoms with Gasteiger partial charge in [-0.2, -0.15) is 0 Å². The van der Waals surface area contributed by atoms with Crippen LogP contribution in [-0.4, -0.2) is 20.5 Å². The predicted octanol–water partition coefficient (Wildman–Crippen LogP) is 5.69. The van der Waals surface area contributed by atoms with E-state index >= 15 is 0 Å². The van der Waals surface area contributed by atoms with E-state index in [2.05, 4.69) is 44.2 Å². The maximum Gasteiger partial charge on any atom is 0.176 e. The first-order valence-corrected chi connectivity index (χ1v) is 7.76. The highest BCUT2D eigenvalue weighted by Gasteiger charge is 1.96. The third kappa shape index (κ3) is 12.3. The molecule has 23 heavy (non-hydrogen) atoms. The van der Waals surface area contributed by atoms with E-state index < -0.39 is 0 Å². The van der Waals surface area contributed by atoms with Crippen molar-refractivity contribution in [1.29, 1.82) is 0 Å². The molecule has 0 aliphatic heterocycles. The average Bonchev–Trinajstić information content (AvgIpc) is 2.53. The van der Waals surface area contributed by atoms with E-state index in [4.69, 9.17) is 9.47 Å². The fraction of sp³-hybridized carbons (Fsp3) is 0.333. The topological polar surface area (TPSA) is 18.5 Å². The standard InChI is InChI=1S/C21H30O2/c1-7-11-18(2)12-8-9-13-19(3)14-10-15-20(4)16-17-21(22-5)23-6/h7-17,21H,1-6H3. The lowest BCUT2D eigenvalue weighted by Crippen LogP contribution is -2.08. The molecule has 0 saturated heterocycles. The van der Waals surface area contributed by atoms with E-state index in [1.807, 2.05) is 50.3 Å². The zero-order valence-corrected chi connectivity index (χ0v) is 15.2. The molecule has 0 bridgehead atoms. The van der Waals surface area contributed by atoms with Crippen molar-refractivity contribution < 1.29 is 9.47 Å². The molecule has 126 valence electrons. The average molecular weight is 314 g/mol. The summed E-state index contributed by atoms with van der Waals surface area (Å²) in [7, 11) is 3.24. The number of methoxy groups -OCH3 is 2. The second-order valence-corrected chi connectivity index (χ2v) is 5.17. The summed E-state index contributed by atoms with van der Waals surface area (Å²) in [5, 5.41) is 0. The molecule has 0 aliphatic rings. The van der Waals surface area contributed by atoms with Crippen molar-refractivity contribution >= 4 is 0 Å². The quantitative estimate of drug-likeness (QED) is 0.402. The van der Waals surface area contributed by atoms with Gasteiger partial charge in [-0.3, -0.25) is 0 Å². The highest BCUT2D eigenvalue weighted by Crippen LogP contribution is 2.02. The Kier molecular flexibility index (Phi) is 12.6. The Bertz CT molecular complexity index is 522. The van der Waals surface area contributed by atoms with Gasteiger partial charge in [-0.05, 0) is 33.8 Å². The van der Waals surface area contributed by atoms with Crippen molar-refractivity contribution in [3.05, 3.63) is 83.6 Å². The Morgan fingerprint density at radius 2 is 1.17 bits per heavy atom. The molecule has 0 radical (unpaired) electrons. The minimum absolute atomic E-state index is 0.298. The molecular formula is C21H30O2. The maximum absolute atomic E-state index is 5.10. The lowest BCUT2D eigenvalue weighted by atomic mass is 10.2. The molecule has 0 spiro atoms. The van der Waals surface area contributed by atoms with Gasteiger partial charge in [-0.15, -0.1) is 0 Å². The van der Waals surface area contributed by atoms with E-state index in [0.29, 0.717) is 0 Å². The number of rotatable bonds is 9. The van der Waals surface area contributed by atoms with Gasteiger partial charge in [0.25, 0.3) is 0 Å². The van der Waals surface area contributed by atoms with Gasteiger partial charge in [-0.1, -0.05) is 77.5 Å². The normalized spacial score (nSPS) is 15.3. The highest BCUT2D eigenvalue weighted by atomic mass is 16.7. The molecule has 0 fully saturated rings. The molecular weight excluding hydrogens is 284 g/mol. The van der Waals surface area contributed by atoms with Crippen LogP contribution in [0.15, 0.2) is 83.6 Å². The van der Waals surface area contributed by atoms with Crippen molar-refractivity contribution in [2.45, 2.75) is 34.0 Å². The Morgan fingerprint density at radius 1 is 0.696 bits per heavy atom. The van der Waals surface area contributed by atoms with Crippen LogP contribution in [0.1, 0.15) is 27.7 Å². The zero-order chi connectivity index (χ0) is 17.5. The van der Waals surface area contributed by atoms with Gasteiger partial charge in [0.1, 0.15) is 0 Å². The van der Waals surface area contributed by atoms with Gasteiger partial charge in [0.2, 0.25) is 0 Å². The number of hydrogen-bond donors (Lipinski definition) is 0. The van der Waals surface area contributed by atoms with Crippen molar-refractivity contribution in [2.24, 2.45) is 0 Å².